The van der Waals surface area contributed by atoms with Gasteiger partial charge in [0.1, 0.15) is 12.2 Å². The van der Waals surface area contributed by atoms with E-state index >= 15 is 0 Å². The summed E-state index contributed by atoms with van der Waals surface area (Å²) >= 11 is 0. The molecule has 0 bridgehead atoms. The predicted octanol–water partition coefficient (Wildman–Crippen LogP) is 6.03. The molecule has 3 aromatic rings. The molecule has 0 unspecified atom stereocenters. The summed E-state index contributed by atoms with van der Waals surface area (Å²) in [5.74, 6) is -5.62. The quantitative estimate of drug-likeness (QED) is 0.223. The van der Waals surface area contributed by atoms with Gasteiger partial charge < -0.3 is 4.74 Å². The number of fused-ring (bicyclic) bond motifs is 1. The molecule has 7 heteroatoms. The molecule has 0 radical (unpaired) electrons. The Morgan fingerprint density at radius 1 is 0.828 bits per heavy atom. The van der Waals surface area contributed by atoms with Crippen molar-refractivity contribution in [2.75, 3.05) is 6.61 Å². The maximum absolute atomic E-state index is 14.2. The second-order valence-corrected chi connectivity index (χ2v) is 5.89. The van der Waals surface area contributed by atoms with Gasteiger partial charge in [-0.15, -0.1) is 0 Å². The molecular weight excluding hydrogens is 394 g/mol. The highest BCUT2D eigenvalue weighted by Gasteiger charge is 2.25. The zero-order valence-electron chi connectivity index (χ0n) is 14.9. The molecule has 0 heterocycles. The molecule has 0 aliphatic heterocycles. The molecule has 0 amide bonds. The molecule has 3 aromatic carbocycles. The maximum Gasteiger partial charge on any atom is 0.205 e. The number of ether oxygens (including phenoxy) is 1. The van der Waals surface area contributed by atoms with Crippen LogP contribution in [0.2, 0.25) is 0 Å². The van der Waals surface area contributed by atoms with Crippen LogP contribution < -0.4 is 4.74 Å². The number of halogens is 6. The standard InChI is InChI=1S/C22H12F6O/c1-2-3-10-29-22-20(27)18(25)15(19(26)21(22)28)8-5-12-4-7-14-13(11-12)6-9-16(23)17(14)24/h2-4,6-7,9,11H,10H2,1H3/b3-2+. The van der Waals surface area contributed by atoms with Crippen LogP contribution in [0, 0.1) is 46.7 Å². The zero-order valence-corrected chi connectivity index (χ0v) is 14.9. The summed E-state index contributed by atoms with van der Waals surface area (Å²) in [7, 11) is 0. The van der Waals surface area contributed by atoms with Gasteiger partial charge in [0.25, 0.3) is 0 Å². The first-order valence-electron chi connectivity index (χ1n) is 8.34. The number of rotatable bonds is 3. The molecule has 0 fully saturated rings. The molecule has 0 aliphatic carbocycles. The summed E-state index contributed by atoms with van der Waals surface area (Å²) in [4.78, 5) is 0. The average molecular weight is 406 g/mol. The molecule has 0 aliphatic rings. The third-order valence-electron chi connectivity index (χ3n) is 4.02. The highest BCUT2D eigenvalue weighted by Crippen LogP contribution is 2.30. The maximum atomic E-state index is 14.2. The monoisotopic (exact) mass is 406 g/mol. The largest absolute Gasteiger partial charge is 0.483 e. The molecule has 1 nitrogen and oxygen atoms in total. The van der Waals surface area contributed by atoms with Crippen LogP contribution in [0.25, 0.3) is 10.8 Å². The lowest BCUT2D eigenvalue weighted by Gasteiger charge is -2.09. The summed E-state index contributed by atoms with van der Waals surface area (Å²) in [5.41, 5.74) is -0.930. The Morgan fingerprint density at radius 3 is 2.17 bits per heavy atom. The van der Waals surface area contributed by atoms with Gasteiger partial charge in [-0.3, -0.25) is 0 Å². The molecule has 0 atom stereocenters. The van der Waals surface area contributed by atoms with Crippen molar-refractivity contribution in [1.29, 1.82) is 0 Å². The first-order chi connectivity index (χ1) is 13.8. The summed E-state index contributed by atoms with van der Waals surface area (Å²) in [6.45, 7) is 1.36. The first kappa shape index (κ1) is 20.3. The van der Waals surface area contributed by atoms with Crippen molar-refractivity contribution in [2.45, 2.75) is 6.92 Å². The fourth-order valence-corrected chi connectivity index (χ4v) is 2.55. The van der Waals surface area contributed by atoms with Gasteiger partial charge in [-0.1, -0.05) is 36.1 Å². The van der Waals surface area contributed by atoms with Crippen LogP contribution in [0.4, 0.5) is 26.3 Å². The third kappa shape index (κ3) is 3.92. The van der Waals surface area contributed by atoms with Crippen molar-refractivity contribution >= 4 is 10.8 Å². The smallest absolute Gasteiger partial charge is 0.205 e. The van der Waals surface area contributed by atoms with E-state index in [1.54, 1.807) is 6.92 Å². The fourth-order valence-electron chi connectivity index (χ4n) is 2.55. The Bertz CT molecular complexity index is 1160. The van der Waals surface area contributed by atoms with Crippen LogP contribution in [-0.4, -0.2) is 6.61 Å². The minimum atomic E-state index is -1.70. The van der Waals surface area contributed by atoms with E-state index in [1.165, 1.54) is 36.4 Å². The molecule has 29 heavy (non-hydrogen) atoms. The van der Waals surface area contributed by atoms with Crippen molar-refractivity contribution in [3.63, 3.8) is 0 Å². The van der Waals surface area contributed by atoms with E-state index in [4.69, 9.17) is 4.74 Å². The van der Waals surface area contributed by atoms with Gasteiger partial charge in [0, 0.05) is 10.9 Å². The number of hydrogen-bond acceptors (Lipinski definition) is 1. The van der Waals surface area contributed by atoms with Crippen LogP contribution in [0.5, 0.6) is 5.75 Å². The van der Waals surface area contributed by atoms with Gasteiger partial charge in [0.15, 0.2) is 29.0 Å². The molecule has 0 saturated carbocycles. The summed E-state index contributed by atoms with van der Waals surface area (Å²) in [6, 6.07) is 6.10. The van der Waals surface area contributed by atoms with Gasteiger partial charge in [-0.2, -0.15) is 8.78 Å². The minimum absolute atomic E-state index is 0.00682. The number of hydrogen-bond donors (Lipinski definition) is 0. The normalized spacial score (nSPS) is 11.0. The Kier molecular flexibility index (Phi) is 5.83. The Balaban J connectivity index is 2.02. The molecular formula is C22H12F6O. The van der Waals surface area contributed by atoms with Gasteiger partial charge in [-0.05, 0) is 30.5 Å². The topological polar surface area (TPSA) is 9.23 Å². The summed E-state index contributed by atoms with van der Waals surface area (Å²) in [5, 5.41) is 0.286. The van der Waals surface area contributed by atoms with Gasteiger partial charge in [-0.25, -0.2) is 17.6 Å². The van der Waals surface area contributed by atoms with Crippen LogP contribution in [0.1, 0.15) is 18.1 Å². The van der Waals surface area contributed by atoms with Crippen LogP contribution in [0.3, 0.4) is 0 Å². The highest BCUT2D eigenvalue weighted by molar-refractivity contribution is 5.84. The number of benzene rings is 3. The summed E-state index contributed by atoms with van der Waals surface area (Å²) < 4.78 is 88.2. The van der Waals surface area contributed by atoms with Crippen molar-refractivity contribution < 1.29 is 31.1 Å². The zero-order chi connectivity index (χ0) is 21.1. The molecule has 0 aromatic heterocycles. The fraction of sp³-hybridized carbons (Fsp3) is 0.0909. The molecule has 0 saturated heterocycles. The lowest BCUT2D eigenvalue weighted by molar-refractivity contribution is 0.301. The minimum Gasteiger partial charge on any atom is -0.483 e. The van der Waals surface area contributed by atoms with Crippen molar-refractivity contribution in [2.24, 2.45) is 0 Å². The predicted molar refractivity (Wildman–Crippen MR) is 96.4 cm³/mol. The van der Waals surface area contributed by atoms with Crippen LogP contribution in [-0.2, 0) is 0 Å². The SMILES string of the molecule is C/C=C/COc1c(F)c(F)c(C#Cc2ccc3c(F)c(F)ccc3c2)c(F)c1F. The van der Waals surface area contributed by atoms with E-state index < -0.39 is 46.2 Å². The van der Waals surface area contributed by atoms with E-state index in [9.17, 15) is 26.3 Å². The van der Waals surface area contributed by atoms with E-state index in [2.05, 4.69) is 5.92 Å². The second-order valence-electron chi connectivity index (χ2n) is 5.89. The first-order valence-corrected chi connectivity index (χ1v) is 8.34. The summed E-state index contributed by atoms with van der Waals surface area (Å²) in [6.07, 6.45) is 2.93. The molecule has 0 N–H and O–H groups in total. The van der Waals surface area contributed by atoms with Gasteiger partial charge >= 0.3 is 0 Å². The van der Waals surface area contributed by atoms with E-state index in [-0.39, 0.29) is 17.6 Å². The van der Waals surface area contributed by atoms with E-state index in [0.717, 1.165) is 6.07 Å². The second kappa shape index (κ2) is 8.31. The average Bonchev–Trinajstić information content (AvgIpc) is 2.72. The molecule has 148 valence electrons. The Hall–Kier alpha value is -3.40. The molecule has 0 spiro atoms. The Labute approximate surface area is 162 Å². The van der Waals surface area contributed by atoms with E-state index in [0.29, 0.717) is 5.39 Å². The van der Waals surface area contributed by atoms with Crippen molar-refractivity contribution in [3.8, 4) is 17.6 Å². The third-order valence-corrected chi connectivity index (χ3v) is 4.02. The molecule has 3 rings (SSSR count). The lowest BCUT2D eigenvalue weighted by Crippen LogP contribution is -2.06. The van der Waals surface area contributed by atoms with Gasteiger partial charge in [0.05, 0.1) is 0 Å². The van der Waals surface area contributed by atoms with Crippen molar-refractivity contribution in [1.82, 2.24) is 0 Å². The van der Waals surface area contributed by atoms with Crippen LogP contribution >= 0.6 is 0 Å². The van der Waals surface area contributed by atoms with Gasteiger partial charge in [0.2, 0.25) is 11.6 Å². The highest BCUT2D eigenvalue weighted by atomic mass is 19.2. The van der Waals surface area contributed by atoms with E-state index in [1.807, 2.05) is 5.92 Å². The van der Waals surface area contributed by atoms with Crippen molar-refractivity contribution in [3.05, 3.63) is 88.5 Å². The number of allylic oxidation sites excluding steroid dienone is 1. The Morgan fingerprint density at radius 2 is 1.52 bits per heavy atom. The van der Waals surface area contributed by atoms with Crippen LogP contribution in [0.15, 0.2) is 42.5 Å². The lowest BCUT2D eigenvalue weighted by atomic mass is 10.1.